The molecular formula is C7H10N2S2. The highest BCUT2D eigenvalue weighted by molar-refractivity contribution is 7.84. The summed E-state index contributed by atoms with van der Waals surface area (Å²) in [7, 11) is 0. The fourth-order valence-electron chi connectivity index (χ4n) is 0.579. The maximum atomic E-state index is 4.22. The van der Waals surface area contributed by atoms with Crippen molar-refractivity contribution in [2.75, 3.05) is 11.9 Å². The lowest BCUT2D eigenvalue weighted by Crippen LogP contribution is -2.00. The van der Waals surface area contributed by atoms with E-state index < -0.39 is 0 Å². The molecule has 2 nitrogen and oxygen atoms in total. The standard InChI is InChI=1S/C7H10N2S2/c1-2-6(10)5-9-7-8-3-4-11-7/h2-4,10H,5H2,1H3,(H,8,9)/b6-2+. The van der Waals surface area contributed by atoms with Gasteiger partial charge in [0.2, 0.25) is 0 Å². The van der Waals surface area contributed by atoms with Crippen molar-refractivity contribution in [2.24, 2.45) is 0 Å². The van der Waals surface area contributed by atoms with Crippen LogP contribution in [0, 0.1) is 0 Å². The Balaban J connectivity index is 2.35. The lowest BCUT2D eigenvalue weighted by Gasteiger charge is -1.99. The summed E-state index contributed by atoms with van der Waals surface area (Å²) >= 11 is 5.81. The predicted octanol–water partition coefficient (Wildman–Crippen LogP) is 2.39. The second-order valence-electron chi connectivity index (χ2n) is 1.97. The molecule has 0 saturated carbocycles. The zero-order valence-electron chi connectivity index (χ0n) is 6.24. The molecule has 1 rings (SSSR count). The highest BCUT2D eigenvalue weighted by Gasteiger charge is 1.92. The molecular weight excluding hydrogens is 176 g/mol. The SMILES string of the molecule is C/C=C(/S)CNc1nccs1. The summed E-state index contributed by atoms with van der Waals surface area (Å²) in [5.74, 6) is 0. The van der Waals surface area contributed by atoms with E-state index >= 15 is 0 Å². The van der Waals surface area contributed by atoms with E-state index in [1.807, 2.05) is 18.4 Å². The first-order valence-electron chi connectivity index (χ1n) is 3.30. The van der Waals surface area contributed by atoms with Crippen molar-refractivity contribution in [3.05, 3.63) is 22.6 Å². The summed E-state index contributed by atoms with van der Waals surface area (Å²) in [6.07, 6.45) is 3.74. The number of thiol groups is 1. The summed E-state index contributed by atoms with van der Waals surface area (Å²) in [4.78, 5) is 5.10. The van der Waals surface area contributed by atoms with Crippen LogP contribution in [0.25, 0.3) is 0 Å². The molecule has 0 aromatic carbocycles. The molecule has 11 heavy (non-hydrogen) atoms. The largest absolute Gasteiger partial charge is 0.357 e. The summed E-state index contributed by atoms with van der Waals surface area (Å²) in [5, 5.41) is 6.02. The Morgan fingerprint density at radius 2 is 2.73 bits per heavy atom. The third-order valence-electron chi connectivity index (χ3n) is 1.19. The first kappa shape index (κ1) is 8.62. The molecule has 0 atom stereocenters. The van der Waals surface area contributed by atoms with E-state index in [0.29, 0.717) is 0 Å². The van der Waals surface area contributed by atoms with Gasteiger partial charge in [0.15, 0.2) is 5.13 Å². The smallest absolute Gasteiger partial charge is 0.182 e. The number of anilines is 1. The number of nitrogens with zero attached hydrogens (tertiary/aromatic N) is 1. The minimum Gasteiger partial charge on any atom is -0.357 e. The minimum absolute atomic E-state index is 0.757. The van der Waals surface area contributed by atoms with E-state index in [1.165, 1.54) is 0 Å². The molecule has 4 heteroatoms. The average molecular weight is 186 g/mol. The van der Waals surface area contributed by atoms with Crippen LogP contribution >= 0.6 is 24.0 Å². The predicted molar refractivity (Wildman–Crippen MR) is 53.3 cm³/mol. The van der Waals surface area contributed by atoms with E-state index in [9.17, 15) is 0 Å². The van der Waals surface area contributed by atoms with Crippen LogP contribution in [0.3, 0.4) is 0 Å². The maximum Gasteiger partial charge on any atom is 0.182 e. The highest BCUT2D eigenvalue weighted by Crippen LogP contribution is 2.11. The lowest BCUT2D eigenvalue weighted by molar-refractivity contribution is 1.26. The van der Waals surface area contributed by atoms with Gasteiger partial charge in [0, 0.05) is 18.1 Å². The maximum absolute atomic E-state index is 4.22. The number of nitrogens with one attached hydrogen (secondary N) is 1. The number of allylic oxidation sites excluding steroid dienone is 1. The van der Waals surface area contributed by atoms with Crippen molar-refractivity contribution in [3.63, 3.8) is 0 Å². The zero-order valence-corrected chi connectivity index (χ0v) is 7.95. The van der Waals surface area contributed by atoms with E-state index in [-0.39, 0.29) is 0 Å². The van der Waals surface area contributed by atoms with Gasteiger partial charge in [0.25, 0.3) is 0 Å². The Morgan fingerprint density at radius 1 is 1.91 bits per heavy atom. The molecule has 0 unspecified atom stereocenters. The molecule has 1 heterocycles. The van der Waals surface area contributed by atoms with Gasteiger partial charge in [-0.1, -0.05) is 6.08 Å². The van der Waals surface area contributed by atoms with Crippen LogP contribution in [0.1, 0.15) is 6.92 Å². The van der Waals surface area contributed by atoms with Gasteiger partial charge in [0.05, 0.1) is 0 Å². The fraction of sp³-hybridized carbons (Fsp3) is 0.286. The molecule has 1 aromatic heterocycles. The molecule has 0 amide bonds. The Morgan fingerprint density at radius 3 is 3.27 bits per heavy atom. The monoisotopic (exact) mass is 186 g/mol. The number of hydrogen-bond donors (Lipinski definition) is 2. The summed E-state index contributed by atoms with van der Waals surface area (Å²) in [5.41, 5.74) is 0. The van der Waals surface area contributed by atoms with Gasteiger partial charge in [0.1, 0.15) is 0 Å². The molecule has 0 aliphatic heterocycles. The number of aromatic nitrogens is 1. The fourth-order valence-corrected chi connectivity index (χ4v) is 1.19. The normalized spacial score (nSPS) is 11.6. The van der Waals surface area contributed by atoms with Gasteiger partial charge in [-0.15, -0.1) is 24.0 Å². The van der Waals surface area contributed by atoms with Gasteiger partial charge < -0.3 is 5.32 Å². The summed E-state index contributed by atoms with van der Waals surface area (Å²) in [6.45, 7) is 2.72. The molecule has 60 valence electrons. The van der Waals surface area contributed by atoms with Crippen molar-refractivity contribution in [2.45, 2.75) is 6.92 Å². The molecule has 1 N–H and O–H groups in total. The van der Waals surface area contributed by atoms with Crippen LogP contribution in [0.15, 0.2) is 22.6 Å². The number of hydrogen-bond acceptors (Lipinski definition) is 4. The van der Waals surface area contributed by atoms with E-state index in [1.54, 1.807) is 17.5 Å². The van der Waals surface area contributed by atoms with Crippen LogP contribution < -0.4 is 5.32 Å². The van der Waals surface area contributed by atoms with Gasteiger partial charge in [-0.25, -0.2) is 4.98 Å². The van der Waals surface area contributed by atoms with Crippen LogP contribution in [0.5, 0.6) is 0 Å². The molecule has 1 aromatic rings. The topological polar surface area (TPSA) is 24.9 Å². The van der Waals surface area contributed by atoms with Gasteiger partial charge in [-0.05, 0) is 11.8 Å². The van der Waals surface area contributed by atoms with Crippen LogP contribution in [-0.4, -0.2) is 11.5 Å². The first-order valence-corrected chi connectivity index (χ1v) is 4.63. The Labute approximate surface area is 75.8 Å². The molecule has 0 saturated heterocycles. The van der Waals surface area contributed by atoms with Crippen LogP contribution in [0.4, 0.5) is 5.13 Å². The van der Waals surface area contributed by atoms with E-state index in [2.05, 4.69) is 22.9 Å². The highest BCUT2D eigenvalue weighted by atomic mass is 32.1. The Kier molecular flexibility index (Phi) is 3.45. The molecule has 0 radical (unpaired) electrons. The number of rotatable bonds is 3. The van der Waals surface area contributed by atoms with Crippen molar-refractivity contribution in [1.29, 1.82) is 0 Å². The van der Waals surface area contributed by atoms with Gasteiger partial charge >= 0.3 is 0 Å². The summed E-state index contributed by atoms with van der Waals surface area (Å²) < 4.78 is 0. The van der Waals surface area contributed by atoms with Crippen molar-refractivity contribution < 1.29 is 0 Å². The van der Waals surface area contributed by atoms with Gasteiger partial charge in [-0.3, -0.25) is 0 Å². The van der Waals surface area contributed by atoms with Crippen molar-refractivity contribution >= 4 is 29.1 Å². The van der Waals surface area contributed by atoms with Gasteiger partial charge in [-0.2, -0.15) is 0 Å². The lowest BCUT2D eigenvalue weighted by atomic mass is 10.5. The minimum atomic E-state index is 0.757. The molecule has 0 fully saturated rings. The van der Waals surface area contributed by atoms with Crippen molar-refractivity contribution in [1.82, 2.24) is 4.98 Å². The molecule has 0 aliphatic carbocycles. The van der Waals surface area contributed by atoms with Crippen molar-refractivity contribution in [3.8, 4) is 0 Å². The average Bonchev–Trinajstić information content (AvgIpc) is 2.52. The Hall–Kier alpha value is -0.480. The van der Waals surface area contributed by atoms with Crippen LogP contribution in [0.2, 0.25) is 0 Å². The zero-order chi connectivity index (χ0) is 8.10. The van der Waals surface area contributed by atoms with Crippen LogP contribution in [-0.2, 0) is 0 Å². The summed E-state index contributed by atoms with van der Waals surface area (Å²) in [6, 6.07) is 0. The molecule has 0 bridgehead atoms. The van der Waals surface area contributed by atoms with E-state index in [0.717, 1.165) is 16.6 Å². The molecule has 0 spiro atoms. The third kappa shape index (κ3) is 2.95. The second-order valence-corrected chi connectivity index (χ2v) is 3.44. The quantitative estimate of drug-likeness (QED) is 0.709. The number of thiazole rings is 1. The Bertz CT molecular complexity index is 229. The first-order chi connectivity index (χ1) is 5.33. The van der Waals surface area contributed by atoms with E-state index in [4.69, 9.17) is 0 Å². The second kappa shape index (κ2) is 4.41. The molecule has 0 aliphatic rings. The third-order valence-corrected chi connectivity index (χ3v) is 2.33.